The third-order valence-electron chi connectivity index (χ3n) is 3.02. The standard InChI is InChI=1S/C14H13N3O/c1-15-14(10-6-16-9-17-7-10)12-8-18-13-5-3-2-4-11(12)13/h2-9,14-15H,1H3. The fourth-order valence-electron chi connectivity index (χ4n) is 2.18. The van der Waals surface area contributed by atoms with E-state index in [4.69, 9.17) is 4.42 Å². The van der Waals surface area contributed by atoms with Crippen molar-refractivity contribution in [2.24, 2.45) is 0 Å². The molecular formula is C14H13N3O. The van der Waals surface area contributed by atoms with Gasteiger partial charge >= 0.3 is 0 Å². The minimum absolute atomic E-state index is 0.0369. The molecule has 90 valence electrons. The molecule has 0 fully saturated rings. The van der Waals surface area contributed by atoms with Crippen LogP contribution in [0.2, 0.25) is 0 Å². The fourth-order valence-corrected chi connectivity index (χ4v) is 2.18. The predicted molar refractivity (Wildman–Crippen MR) is 69.1 cm³/mol. The summed E-state index contributed by atoms with van der Waals surface area (Å²) in [7, 11) is 1.92. The summed E-state index contributed by atoms with van der Waals surface area (Å²) in [6.07, 6.45) is 6.95. The molecule has 2 aromatic heterocycles. The zero-order valence-corrected chi connectivity index (χ0v) is 10.00. The molecule has 4 heteroatoms. The van der Waals surface area contributed by atoms with Gasteiger partial charge in [-0.3, -0.25) is 0 Å². The Kier molecular flexibility index (Phi) is 2.78. The zero-order valence-electron chi connectivity index (χ0n) is 10.00. The van der Waals surface area contributed by atoms with E-state index < -0.39 is 0 Å². The molecule has 0 spiro atoms. The average molecular weight is 239 g/mol. The molecule has 0 aliphatic heterocycles. The molecule has 0 radical (unpaired) electrons. The van der Waals surface area contributed by atoms with Crippen LogP contribution in [0.5, 0.6) is 0 Å². The van der Waals surface area contributed by atoms with Gasteiger partial charge in [0.1, 0.15) is 11.9 Å². The van der Waals surface area contributed by atoms with E-state index in [9.17, 15) is 0 Å². The third kappa shape index (κ3) is 1.76. The van der Waals surface area contributed by atoms with Crippen LogP contribution in [0.3, 0.4) is 0 Å². The average Bonchev–Trinajstić information content (AvgIpc) is 2.85. The molecule has 1 atom stereocenters. The van der Waals surface area contributed by atoms with Crippen molar-refractivity contribution in [1.29, 1.82) is 0 Å². The lowest BCUT2D eigenvalue weighted by Crippen LogP contribution is -2.17. The maximum atomic E-state index is 5.57. The molecule has 4 nitrogen and oxygen atoms in total. The smallest absolute Gasteiger partial charge is 0.134 e. The molecule has 3 rings (SSSR count). The van der Waals surface area contributed by atoms with E-state index in [1.54, 1.807) is 6.26 Å². The van der Waals surface area contributed by atoms with E-state index in [2.05, 4.69) is 21.4 Å². The van der Waals surface area contributed by atoms with Crippen molar-refractivity contribution in [3.8, 4) is 0 Å². The van der Waals surface area contributed by atoms with E-state index in [0.29, 0.717) is 0 Å². The molecule has 3 aromatic rings. The van der Waals surface area contributed by atoms with Gasteiger partial charge in [0, 0.05) is 28.9 Å². The molecule has 0 amide bonds. The topological polar surface area (TPSA) is 51.0 Å². The van der Waals surface area contributed by atoms with Gasteiger partial charge in [-0.2, -0.15) is 0 Å². The fraction of sp³-hybridized carbons (Fsp3) is 0.143. The molecule has 1 aromatic carbocycles. The summed E-state index contributed by atoms with van der Waals surface area (Å²) in [5.41, 5.74) is 3.01. The van der Waals surface area contributed by atoms with Crippen molar-refractivity contribution in [3.05, 3.63) is 60.4 Å². The van der Waals surface area contributed by atoms with Crippen molar-refractivity contribution in [2.75, 3.05) is 7.05 Å². The molecule has 0 saturated carbocycles. The van der Waals surface area contributed by atoms with Crippen LogP contribution in [0.15, 0.2) is 53.7 Å². The normalized spacial score (nSPS) is 12.7. The minimum atomic E-state index is 0.0369. The molecule has 1 N–H and O–H groups in total. The summed E-state index contributed by atoms with van der Waals surface area (Å²) in [5.74, 6) is 0. The largest absolute Gasteiger partial charge is 0.464 e. The molecule has 2 heterocycles. The molecule has 0 aliphatic rings. The zero-order chi connectivity index (χ0) is 12.4. The summed E-state index contributed by atoms with van der Waals surface area (Å²) in [6.45, 7) is 0. The number of nitrogens with zero attached hydrogens (tertiary/aromatic N) is 2. The highest BCUT2D eigenvalue weighted by Gasteiger charge is 2.17. The summed E-state index contributed by atoms with van der Waals surface area (Å²) in [4.78, 5) is 8.12. The van der Waals surface area contributed by atoms with Crippen molar-refractivity contribution in [1.82, 2.24) is 15.3 Å². The molecule has 0 aliphatic carbocycles. The first kappa shape index (κ1) is 10.9. The van der Waals surface area contributed by atoms with Crippen LogP contribution in [-0.4, -0.2) is 17.0 Å². The van der Waals surface area contributed by atoms with Crippen molar-refractivity contribution in [3.63, 3.8) is 0 Å². The second-order valence-corrected chi connectivity index (χ2v) is 4.08. The number of hydrogen-bond donors (Lipinski definition) is 1. The lowest BCUT2D eigenvalue weighted by atomic mass is 10.0. The van der Waals surface area contributed by atoms with Gasteiger partial charge in [-0.25, -0.2) is 9.97 Å². The first-order valence-electron chi connectivity index (χ1n) is 5.78. The van der Waals surface area contributed by atoms with Crippen LogP contribution < -0.4 is 5.32 Å². The van der Waals surface area contributed by atoms with Gasteiger partial charge in [-0.15, -0.1) is 0 Å². The Labute approximate surface area is 105 Å². The number of benzene rings is 1. The van der Waals surface area contributed by atoms with Crippen LogP contribution in [0.25, 0.3) is 11.0 Å². The summed E-state index contributed by atoms with van der Waals surface area (Å²) >= 11 is 0. The maximum absolute atomic E-state index is 5.57. The predicted octanol–water partition coefficient (Wildman–Crippen LogP) is 2.53. The lowest BCUT2D eigenvalue weighted by molar-refractivity contribution is 0.596. The number of aromatic nitrogens is 2. The second kappa shape index (κ2) is 4.58. The highest BCUT2D eigenvalue weighted by molar-refractivity contribution is 5.81. The highest BCUT2D eigenvalue weighted by Crippen LogP contribution is 2.29. The molecule has 0 saturated heterocycles. The van der Waals surface area contributed by atoms with Crippen LogP contribution in [0.4, 0.5) is 0 Å². The second-order valence-electron chi connectivity index (χ2n) is 4.08. The first-order chi connectivity index (χ1) is 8.90. The van der Waals surface area contributed by atoms with Crippen LogP contribution >= 0.6 is 0 Å². The molecule has 0 bridgehead atoms. The number of fused-ring (bicyclic) bond motifs is 1. The Hall–Kier alpha value is -2.20. The van der Waals surface area contributed by atoms with Crippen LogP contribution in [-0.2, 0) is 0 Å². The van der Waals surface area contributed by atoms with E-state index in [0.717, 1.165) is 22.1 Å². The monoisotopic (exact) mass is 239 g/mol. The van der Waals surface area contributed by atoms with Gasteiger partial charge in [0.25, 0.3) is 0 Å². The van der Waals surface area contributed by atoms with Gasteiger partial charge in [-0.1, -0.05) is 18.2 Å². The van der Waals surface area contributed by atoms with E-state index in [1.165, 1.54) is 6.33 Å². The van der Waals surface area contributed by atoms with Crippen LogP contribution in [0.1, 0.15) is 17.2 Å². The number of para-hydroxylation sites is 1. The third-order valence-corrected chi connectivity index (χ3v) is 3.02. The Bertz CT molecular complexity index is 648. The lowest BCUT2D eigenvalue weighted by Gasteiger charge is -2.14. The van der Waals surface area contributed by atoms with Crippen LogP contribution in [0, 0.1) is 0 Å². The van der Waals surface area contributed by atoms with E-state index in [1.807, 2.05) is 37.6 Å². The van der Waals surface area contributed by atoms with Crippen molar-refractivity contribution >= 4 is 11.0 Å². The SMILES string of the molecule is CNC(c1cncnc1)c1coc2ccccc12. The number of furan rings is 1. The van der Waals surface area contributed by atoms with Gasteiger partial charge in [0.05, 0.1) is 12.3 Å². The van der Waals surface area contributed by atoms with Crippen molar-refractivity contribution in [2.45, 2.75) is 6.04 Å². The van der Waals surface area contributed by atoms with E-state index in [-0.39, 0.29) is 6.04 Å². The summed E-state index contributed by atoms with van der Waals surface area (Å²) in [6, 6.07) is 8.04. The van der Waals surface area contributed by atoms with Crippen molar-refractivity contribution < 1.29 is 4.42 Å². The highest BCUT2D eigenvalue weighted by atomic mass is 16.3. The molecule has 1 unspecified atom stereocenters. The van der Waals surface area contributed by atoms with Gasteiger partial charge < -0.3 is 9.73 Å². The molecular weight excluding hydrogens is 226 g/mol. The number of rotatable bonds is 3. The van der Waals surface area contributed by atoms with Gasteiger partial charge in [0.15, 0.2) is 0 Å². The Morgan fingerprint density at radius 3 is 2.72 bits per heavy atom. The number of hydrogen-bond acceptors (Lipinski definition) is 4. The number of nitrogens with one attached hydrogen (secondary N) is 1. The molecule has 18 heavy (non-hydrogen) atoms. The Morgan fingerprint density at radius 2 is 1.94 bits per heavy atom. The van der Waals surface area contributed by atoms with Gasteiger partial charge in [0.2, 0.25) is 0 Å². The van der Waals surface area contributed by atoms with Gasteiger partial charge in [-0.05, 0) is 13.1 Å². The minimum Gasteiger partial charge on any atom is -0.464 e. The van der Waals surface area contributed by atoms with E-state index >= 15 is 0 Å². The summed E-state index contributed by atoms with van der Waals surface area (Å²) in [5, 5.41) is 4.38. The Morgan fingerprint density at radius 1 is 1.17 bits per heavy atom. The summed E-state index contributed by atoms with van der Waals surface area (Å²) < 4.78 is 5.57. The quantitative estimate of drug-likeness (QED) is 0.763. The Balaban J connectivity index is 2.12. The first-order valence-corrected chi connectivity index (χ1v) is 5.78. The maximum Gasteiger partial charge on any atom is 0.134 e.